The quantitative estimate of drug-likeness (QED) is 0.463. The fraction of sp³-hybridized carbons (Fsp3) is 0.312. The van der Waals surface area contributed by atoms with Crippen LogP contribution in [0.2, 0.25) is 5.02 Å². The molecule has 2 spiro atoms. The predicted octanol–water partition coefficient (Wildman–Crippen LogP) is 5.73. The number of rotatable bonds is 4. The molecule has 196 valence electrons. The number of carbonyl (C=O) groups excluding carboxylic acids is 2. The third kappa shape index (κ3) is 3.84. The van der Waals surface area contributed by atoms with Crippen LogP contribution in [0.15, 0.2) is 71.9 Å². The molecule has 1 saturated carbocycles. The van der Waals surface area contributed by atoms with E-state index in [1.165, 1.54) is 17.5 Å². The number of nitrogens with zero attached hydrogens (tertiary/aromatic N) is 3. The summed E-state index contributed by atoms with van der Waals surface area (Å²) in [5, 5.41) is 3.53. The minimum Gasteiger partial charge on any atom is -0.310 e. The third-order valence-corrected chi connectivity index (χ3v) is 9.19. The molecular weight excluding hydrogens is 508 g/mol. The van der Waals surface area contributed by atoms with E-state index in [1.807, 2.05) is 41.3 Å². The fourth-order valence-corrected chi connectivity index (χ4v) is 7.12. The Morgan fingerprint density at radius 3 is 2.64 bits per heavy atom. The van der Waals surface area contributed by atoms with Crippen molar-refractivity contribution in [3.8, 4) is 0 Å². The summed E-state index contributed by atoms with van der Waals surface area (Å²) in [7, 11) is 0. The van der Waals surface area contributed by atoms with Crippen LogP contribution in [0.3, 0.4) is 0 Å². The number of hydrogen-bond donors (Lipinski definition) is 1. The van der Waals surface area contributed by atoms with Crippen LogP contribution in [0, 0.1) is 0 Å². The minimum atomic E-state index is -0.573. The highest BCUT2D eigenvalue weighted by molar-refractivity contribution is 6.50. The molecule has 1 fully saturated rings. The van der Waals surface area contributed by atoms with E-state index in [9.17, 15) is 9.59 Å². The van der Waals surface area contributed by atoms with Crippen molar-refractivity contribution in [3.63, 3.8) is 0 Å². The van der Waals surface area contributed by atoms with Crippen molar-refractivity contribution in [3.05, 3.63) is 99.7 Å². The van der Waals surface area contributed by atoms with E-state index in [4.69, 9.17) is 16.6 Å². The van der Waals surface area contributed by atoms with E-state index in [2.05, 4.69) is 40.7 Å². The van der Waals surface area contributed by atoms with Gasteiger partial charge in [-0.3, -0.25) is 14.6 Å². The molecule has 1 aromatic heterocycles. The first-order valence-electron chi connectivity index (χ1n) is 13.7. The first-order chi connectivity index (χ1) is 19.0. The monoisotopic (exact) mass is 536 g/mol. The molecule has 7 heteroatoms. The first-order valence-corrected chi connectivity index (χ1v) is 14.1. The average molecular weight is 537 g/mol. The Morgan fingerprint density at radius 1 is 0.974 bits per heavy atom. The molecule has 0 saturated heterocycles. The molecule has 2 aliphatic carbocycles. The average Bonchev–Trinajstić information content (AvgIpc) is 3.55. The van der Waals surface area contributed by atoms with Gasteiger partial charge in [-0.05, 0) is 67.3 Å². The molecule has 7 rings (SSSR count). The van der Waals surface area contributed by atoms with Gasteiger partial charge in [-0.1, -0.05) is 72.6 Å². The van der Waals surface area contributed by atoms with Gasteiger partial charge in [-0.2, -0.15) is 0 Å². The molecule has 3 heterocycles. The van der Waals surface area contributed by atoms with Gasteiger partial charge < -0.3 is 10.2 Å². The Labute approximate surface area is 232 Å². The van der Waals surface area contributed by atoms with Crippen molar-refractivity contribution in [2.75, 3.05) is 11.9 Å². The lowest BCUT2D eigenvalue weighted by atomic mass is 9.79. The molecule has 2 aromatic carbocycles. The van der Waals surface area contributed by atoms with E-state index in [-0.39, 0.29) is 11.8 Å². The van der Waals surface area contributed by atoms with Crippen molar-refractivity contribution in [2.45, 2.75) is 56.0 Å². The fourth-order valence-electron chi connectivity index (χ4n) is 6.90. The minimum absolute atomic E-state index is 0.0316. The number of aliphatic imine (C=N–C) groups is 1. The maximum Gasteiger partial charge on any atom is 0.274 e. The molecular formula is C32H29ClN4O2. The van der Waals surface area contributed by atoms with Crippen LogP contribution in [-0.4, -0.2) is 39.6 Å². The summed E-state index contributed by atoms with van der Waals surface area (Å²) >= 11 is 6.46. The molecule has 0 radical (unpaired) electrons. The lowest BCUT2D eigenvalue weighted by Crippen LogP contribution is -2.48. The molecule has 4 aliphatic rings. The molecule has 1 N–H and O–H groups in total. The zero-order valence-corrected chi connectivity index (χ0v) is 22.4. The normalized spacial score (nSPS) is 23.0. The maximum atomic E-state index is 13.7. The summed E-state index contributed by atoms with van der Waals surface area (Å²) < 4.78 is 0. The van der Waals surface area contributed by atoms with Crippen LogP contribution >= 0.6 is 11.6 Å². The smallest absolute Gasteiger partial charge is 0.274 e. The molecule has 6 nitrogen and oxygen atoms in total. The second-order valence-electron chi connectivity index (χ2n) is 11.1. The highest BCUT2D eigenvalue weighted by Crippen LogP contribution is 2.47. The Kier molecular flexibility index (Phi) is 5.70. The highest BCUT2D eigenvalue weighted by Gasteiger charge is 2.51. The Bertz CT molecular complexity index is 1570. The molecule has 1 unspecified atom stereocenters. The Hall–Kier alpha value is -3.77. The van der Waals surface area contributed by atoms with E-state index in [1.54, 1.807) is 6.20 Å². The molecule has 1 atom stereocenters. The van der Waals surface area contributed by atoms with E-state index < -0.39 is 11.1 Å². The van der Waals surface area contributed by atoms with Crippen molar-refractivity contribution in [2.24, 2.45) is 4.99 Å². The van der Waals surface area contributed by atoms with Gasteiger partial charge in [0, 0.05) is 23.9 Å². The van der Waals surface area contributed by atoms with Crippen LogP contribution in [-0.2, 0) is 27.8 Å². The number of anilines is 1. The first kappa shape index (κ1) is 24.3. The van der Waals surface area contributed by atoms with Crippen LogP contribution < -0.4 is 5.32 Å². The topological polar surface area (TPSA) is 74.7 Å². The van der Waals surface area contributed by atoms with Crippen molar-refractivity contribution < 1.29 is 9.59 Å². The third-order valence-electron chi connectivity index (χ3n) is 8.86. The zero-order valence-electron chi connectivity index (χ0n) is 21.6. The number of aromatic nitrogens is 1. The van der Waals surface area contributed by atoms with Gasteiger partial charge >= 0.3 is 0 Å². The number of fused-ring (bicyclic) bond motifs is 3. The lowest BCUT2D eigenvalue weighted by molar-refractivity contribution is -0.128. The SMILES string of the molecule is O=C1C(c2ccccc2Cl)=NC2(CCCCC2)N1CC=Cc1ccc2c(c1)CC1(C2)C(=O)Nc2ncccc21. The number of nitrogens with one attached hydrogen (secondary N) is 1. The van der Waals surface area contributed by atoms with Gasteiger partial charge in [-0.25, -0.2) is 4.98 Å². The second kappa shape index (κ2) is 9.16. The standard InChI is InChI=1S/C32H29ClN4O2/c33-26-11-3-2-9-24(26)27-29(38)37(32(36-27)14-4-1-5-15-32)17-7-8-21-12-13-22-19-31(20-23(22)18-21)25-10-6-16-34-28(25)35-30(31)39/h2-3,6-13,16,18H,1,4-5,14-15,17,19-20H2,(H,34,35,39). The van der Waals surface area contributed by atoms with Crippen LogP contribution in [0.5, 0.6) is 0 Å². The number of halogens is 1. The second-order valence-corrected chi connectivity index (χ2v) is 11.5. The Morgan fingerprint density at radius 2 is 1.79 bits per heavy atom. The Balaban J connectivity index is 1.12. The van der Waals surface area contributed by atoms with Gasteiger partial charge in [0.25, 0.3) is 5.91 Å². The van der Waals surface area contributed by atoms with Gasteiger partial charge in [-0.15, -0.1) is 0 Å². The summed E-state index contributed by atoms with van der Waals surface area (Å²) in [6.45, 7) is 0.485. The van der Waals surface area contributed by atoms with Crippen molar-refractivity contribution in [1.82, 2.24) is 9.88 Å². The van der Waals surface area contributed by atoms with Crippen LogP contribution in [0.1, 0.15) is 59.9 Å². The molecule has 0 bridgehead atoms. The van der Waals surface area contributed by atoms with E-state index >= 15 is 0 Å². The number of benzene rings is 2. The van der Waals surface area contributed by atoms with Gasteiger partial charge in [0.2, 0.25) is 5.91 Å². The van der Waals surface area contributed by atoms with Gasteiger partial charge in [0.15, 0.2) is 0 Å². The van der Waals surface area contributed by atoms with E-state index in [0.717, 1.165) is 36.8 Å². The number of carbonyl (C=O) groups is 2. The summed E-state index contributed by atoms with van der Waals surface area (Å²) in [5.41, 5.74) is 4.56. The summed E-state index contributed by atoms with van der Waals surface area (Å²) in [6, 6.07) is 17.8. The largest absolute Gasteiger partial charge is 0.310 e. The lowest BCUT2D eigenvalue weighted by Gasteiger charge is -2.38. The van der Waals surface area contributed by atoms with E-state index in [0.29, 0.717) is 41.5 Å². The maximum absolute atomic E-state index is 13.7. The zero-order chi connectivity index (χ0) is 26.6. The predicted molar refractivity (Wildman–Crippen MR) is 153 cm³/mol. The summed E-state index contributed by atoms with van der Waals surface area (Å²) in [4.78, 5) is 38.0. The van der Waals surface area contributed by atoms with Crippen molar-refractivity contribution in [1.29, 1.82) is 0 Å². The number of hydrogen-bond acceptors (Lipinski definition) is 4. The molecule has 39 heavy (non-hydrogen) atoms. The summed E-state index contributed by atoms with van der Waals surface area (Å²) in [5.74, 6) is 0.662. The highest BCUT2D eigenvalue weighted by atomic mass is 35.5. The van der Waals surface area contributed by atoms with Crippen molar-refractivity contribution >= 4 is 41.0 Å². The van der Waals surface area contributed by atoms with Gasteiger partial charge in [0.05, 0.1) is 10.4 Å². The number of amides is 2. The van der Waals surface area contributed by atoms with Crippen LogP contribution in [0.25, 0.3) is 6.08 Å². The number of pyridine rings is 1. The molecule has 3 aromatic rings. The van der Waals surface area contributed by atoms with Crippen LogP contribution in [0.4, 0.5) is 5.82 Å². The van der Waals surface area contributed by atoms with Gasteiger partial charge in [0.1, 0.15) is 17.2 Å². The molecule has 2 aliphatic heterocycles. The molecule has 2 amide bonds. The summed E-state index contributed by atoms with van der Waals surface area (Å²) in [6.07, 6.45) is 12.2.